The molecular formula is C17H25N. The van der Waals surface area contributed by atoms with Crippen molar-refractivity contribution in [3.8, 4) is 12.3 Å². The van der Waals surface area contributed by atoms with E-state index in [1.807, 2.05) is 0 Å². The number of rotatable bonds is 7. The fourth-order valence-corrected chi connectivity index (χ4v) is 2.33. The zero-order valence-corrected chi connectivity index (χ0v) is 11.9. The molecule has 1 unspecified atom stereocenters. The third-order valence-electron chi connectivity index (χ3n) is 3.61. The van der Waals surface area contributed by atoms with Gasteiger partial charge in [-0.1, -0.05) is 51.1 Å². The molecule has 98 valence electrons. The maximum Gasteiger partial charge on any atom is 0.0168 e. The topological polar surface area (TPSA) is 12.0 Å². The van der Waals surface area contributed by atoms with Gasteiger partial charge in [0.1, 0.15) is 0 Å². The summed E-state index contributed by atoms with van der Waals surface area (Å²) in [6, 6.07) is 11.1. The Morgan fingerprint density at radius 3 is 2.50 bits per heavy atom. The molecule has 0 spiro atoms. The van der Waals surface area contributed by atoms with Gasteiger partial charge >= 0.3 is 0 Å². The van der Waals surface area contributed by atoms with Crippen LogP contribution in [0.5, 0.6) is 0 Å². The van der Waals surface area contributed by atoms with Crippen LogP contribution in [-0.4, -0.2) is 12.6 Å². The van der Waals surface area contributed by atoms with Crippen LogP contribution in [0, 0.1) is 12.3 Å². The molecule has 0 fully saturated rings. The van der Waals surface area contributed by atoms with Gasteiger partial charge in [0.15, 0.2) is 0 Å². The van der Waals surface area contributed by atoms with Crippen molar-refractivity contribution < 1.29 is 0 Å². The smallest absolute Gasteiger partial charge is 0.0168 e. The van der Waals surface area contributed by atoms with Crippen LogP contribution in [0.15, 0.2) is 30.3 Å². The standard InChI is InChI=1S/C17H25N/c1-5-7-13-16(18-14-6-2)17(3,4)15-11-9-8-10-12-15/h1,8-12,16,18H,6-7,13-14H2,2-4H3. The van der Waals surface area contributed by atoms with Crippen LogP contribution in [0.2, 0.25) is 0 Å². The van der Waals surface area contributed by atoms with Crippen LogP contribution in [0.25, 0.3) is 0 Å². The molecule has 1 atom stereocenters. The first-order valence-corrected chi connectivity index (χ1v) is 6.85. The summed E-state index contributed by atoms with van der Waals surface area (Å²) in [6.45, 7) is 7.84. The van der Waals surface area contributed by atoms with E-state index >= 15 is 0 Å². The summed E-state index contributed by atoms with van der Waals surface area (Å²) in [5.41, 5.74) is 1.48. The predicted molar refractivity (Wildman–Crippen MR) is 79.6 cm³/mol. The highest BCUT2D eigenvalue weighted by atomic mass is 14.9. The second kappa shape index (κ2) is 7.24. The van der Waals surface area contributed by atoms with Crippen LogP contribution in [0.3, 0.4) is 0 Å². The Labute approximate surface area is 112 Å². The van der Waals surface area contributed by atoms with Crippen molar-refractivity contribution in [2.45, 2.75) is 51.5 Å². The van der Waals surface area contributed by atoms with Gasteiger partial charge in [0.05, 0.1) is 0 Å². The van der Waals surface area contributed by atoms with E-state index in [-0.39, 0.29) is 5.41 Å². The number of hydrogen-bond donors (Lipinski definition) is 1. The van der Waals surface area contributed by atoms with Gasteiger partial charge in [0.25, 0.3) is 0 Å². The molecule has 1 heteroatoms. The van der Waals surface area contributed by atoms with Gasteiger partial charge in [-0.25, -0.2) is 0 Å². The second-order valence-corrected chi connectivity index (χ2v) is 5.34. The summed E-state index contributed by atoms with van der Waals surface area (Å²) < 4.78 is 0. The Kier molecular flexibility index (Phi) is 5.95. The highest BCUT2D eigenvalue weighted by Crippen LogP contribution is 2.29. The van der Waals surface area contributed by atoms with Crippen LogP contribution in [0.1, 0.15) is 45.6 Å². The second-order valence-electron chi connectivity index (χ2n) is 5.34. The first kappa shape index (κ1) is 14.8. The van der Waals surface area contributed by atoms with Crippen molar-refractivity contribution in [3.05, 3.63) is 35.9 Å². The molecule has 1 aromatic rings. The number of terminal acetylenes is 1. The number of nitrogens with one attached hydrogen (secondary N) is 1. The Morgan fingerprint density at radius 1 is 1.28 bits per heavy atom. The lowest BCUT2D eigenvalue weighted by atomic mass is 9.76. The fraction of sp³-hybridized carbons (Fsp3) is 0.529. The summed E-state index contributed by atoms with van der Waals surface area (Å²) in [4.78, 5) is 0. The van der Waals surface area contributed by atoms with Gasteiger partial charge in [-0.2, -0.15) is 0 Å². The van der Waals surface area contributed by atoms with E-state index in [0.29, 0.717) is 6.04 Å². The molecule has 0 radical (unpaired) electrons. The van der Waals surface area contributed by atoms with Crippen molar-refractivity contribution in [1.29, 1.82) is 0 Å². The van der Waals surface area contributed by atoms with Gasteiger partial charge < -0.3 is 5.32 Å². The minimum atomic E-state index is 0.104. The molecule has 0 aromatic heterocycles. The average Bonchev–Trinajstić information content (AvgIpc) is 2.39. The highest BCUT2D eigenvalue weighted by molar-refractivity contribution is 5.25. The third-order valence-corrected chi connectivity index (χ3v) is 3.61. The van der Waals surface area contributed by atoms with E-state index in [1.165, 1.54) is 5.56 Å². The van der Waals surface area contributed by atoms with Crippen LogP contribution in [-0.2, 0) is 5.41 Å². The molecule has 0 heterocycles. The lowest BCUT2D eigenvalue weighted by Crippen LogP contribution is -2.45. The van der Waals surface area contributed by atoms with E-state index in [9.17, 15) is 0 Å². The van der Waals surface area contributed by atoms with Crippen LogP contribution < -0.4 is 5.32 Å². The molecule has 0 amide bonds. The third kappa shape index (κ3) is 3.89. The Hall–Kier alpha value is -1.26. The van der Waals surface area contributed by atoms with Gasteiger partial charge in [-0.3, -0.25) is 0 Å². The summed E-state index contributed by atoms with van der Waals surface area (Å²) in [5.74, 6) is 2.76. The quantitative estimate of drug-likeness (QED) is 0.719. The van der Waals surface area contributed by atoms with E-state index < -0.39 is 0 Å². The van der Waals surface area contributed by atoms with E-state index in [2.05, 4.69) is 62.3 Å². The number of benzene rings is 1. The molecule has 1 aromatic carbocycles. The zero-order valence-electron chi connectivity index (χ0n) is 11.9. The van der Waals surface area contributed by atoms with Crippen molar-refractivity contribution in [1.82, 2.24) is 5.32 Å². The lowest BCUT2D eigenvalue weighted by molar-refractivity contribution is 0.325. The molecule has 0 aliphatic carbocycles. The number of hydrogen-bond acceptors (Lipinski definition) is 1. The normalized spacial score (nSPS) is 13.0. The first-order valence-electron chi connectivity index (χ1n) is 6.85. The maximum atomic E-state index is 5.41. The van der Waals surface area contributed by atoms with Crippen molar-refractivity contribution in [2.24, 2.45) is 0 Å². The van der Waals surface area contributed by atoms with Gasteiger partial charge in [0, 0.05) is 17.9 Å². The Bertz CT molecular complexity index is 372. The van der Waals surface area contributed by atoms with Crippen molar-refractivity contribution in [2.75, 3.05) is 6.54 Å². The predicted octanol–water partition coefficient (Wildman–Crippen LogP) is 3.75. The molecule has 0 bridgehead atoms. The minimum absolute atomic E-state index is 0.104. The molecule has 1 rings (SSSR count). The summed E-state index contributed by atoms with van der Waals surface area (Å²) in [6.07, 6.45) is 8.42. The average molecular weight is 243 g/mol. The molecule has 1 N–H and O–H groups in total. The Morgan fingerprint density at radius 2 is 1.94 bits per heavy atom. The largest absolute Gasteiger partial charge is 0.313 e. The molecular weight excluding hydrogens is 218 g/mol. The molecule has 1 nitrogen and oxygen atoms in total. The highest BCUT2D eigenvalue weighted by Gasteiger charge is 2.30. The summed E-state index contributed by atoms with van der Waals surface area (Å²) >= 11 is 0. The van der Waals surface area contributed by atoms with Gasteiger partial charge in [0.2, 0.25) is 0 Å². The minimum Gasteiger partial charge on any atom is -0.313 e. The van der Waals surface area contributed by atoms with E-state index in [4.69, 9.17) is 6.42 Å². The molecule has 0 saturated carbocycles. The SMILES string of the molecule is C#CCCC(NCCC)C(C)(C)c1ccccc1. The maximum absolute atomic E-state index is 5.41. The lowest BCUT2D eigenvalue weighted by Gasteiger charge is -2.35. The van der Waals surface area contributed by atoms with E-state index in [1.54, 1.807) is 0 Å². The first-order chi connectivity index (χ1) is 8.62. The molecule has 0 saturated heterocycles. The van der Waals surface area contributed by atoms with Gasteiger partial charge in [-0.15, -0.1) is 12.3 Å². The van der Waals surface area contributed by atoms with Crippen LogP contribution in [0.4, 0.5) is 0 Å². The summed E-state index contributed by atoms with van der Waals surface area (Å²) in [7, 11) is 0. The molecule has 18 heavy (non-hydrogen) atoms. The van der Waals surface area contributed by atoms with E-state index in [0.717, 1.165) is 25.8 Å². The molecule has 0 aliphatic rings. The fourth-order valence-electron chi connectivity index (χ4n) is 2.33. The van der Waals surface area contributed by atoms with Gasteiger partial charge in [-0.05, 0) is 24.9 Å². The zero-order chi connectivity index (χ0) is 13.4. The molecule has 0 aliphatic heterocycles. The van der Waals surface area contributed by atoms with Crippen molar-refractivity contribution >= 4 is 0 Å². The summed E-state index contributed by atoms with van der Waals surface area (Å²) in [5, 5.41) is 3.65. The van der Waals surface area contributed by atoms with Crippen LogP contribution >= 0.6 is 0 Å². The monoisotopic (exact) mass is 243 g/mol. The Balaban J connectivity index is 2.84. The van der Waals surface area contributed by atoms with Crippen molar-refractivity contribution in [3.63, 3.8) is 0 Å².